The third kappa shape index (κ3) is 3.27. The molecule has 1 aliphatic rings. The fourth-order valence-electron chi connectivity index (χ4n) is 3.05. The van der Waals surface area contributed by atoms with Crippen LogP contribution in [0.25, 0.3) is 16.2 Å². The number of benzene rings is 1. The number of primary amides is 1. The van der Waals surface area contributed by atoms with Crippen LogP contribution in [0.1, 0.15) is 12.8 Å². The summed E-state index contributed by atoms with van der Waals surface area (Å²) in [5.41, 5.74) is 6.88. The number of nitrogens with zero attached hydrogens (tertiary/aromatic N) is 3. The number of amides is 1. The first-order chi connectivity index (χ1) is 12.6. The van der Waals surface area contributed by atoms with E-state index in [0.717, 1.165) is 16.2 Å². The van der Waals surface area contributed by atoms with E-state index in [9.17, 15) is 4.79 Å². The summed E-state index contributed by atoms with van der Waals surface area (Å²) in [5, 5.41) is 9.16. The van der Waals surface area contributed by atoms with Crippen LogP contribution in [0.15, 0.2) is 30.5 Å². The second kappa shape index (κ2) is 6.86. The van der Waals surface area contributed by atoms with E-state index < -0.39 is 5.41 Å². The van der Waals surface area contributed by atoms with Crippen LogP contribution >= 0.6 is 22.9 Å². The number of nitrogens with one attached hydrogen (secondary N) is 1. The van der Waals surface area contributed by atoms with Crippen LogP contribution in [0, 0.1) is 5.41 Å². The highest BCUT2D eigenvalue weighted by atomic mass is 35.5. The molecule has 0 unspecified atom stereocenters. The van der Waals surface area contributed by atoms with Gasteiger partial charge in [0.2, 0.25) is 16.0 Å². The zero-order chi connectivity index (χ0) is 18.1. The van der Waals surface area contributed by atoms with Crippen molar-refractivity contribution in [1.29, 1.82) is 0 Å². The van der Waals surface area contributed by atoms with Crippen molar-refractivity contribution in [2.45, 2.75) is 12.8 Å². The molecule has 3 heterocycles. The maximum absolute atomic E-state index is 11.9. The Labute approximate surface area is 159 Å². The molecule has 1 aromatic carbocycles. The number of carbonyl (C=O) groups is 1. The largest absolute Gasteiger partial charge is 0.381 e. The highest BCUT2D eigenvalue weighted by molar-refractivity contribution is 7.20. The molecule has 0 spiro atoms. The maximum Gasteiger partial charge on any atom is 0.225 e. The van der Waals surface area contributed by atoms with E-state index >= 15 is 0 Å². The normalized spacial score (nSPS) is 16.7. The van der Waals surface area contributed by atoms with Gasteiger partial charge >= 0.3 is 0 Å². The van der Waals surface area contributed by atoms with Crippen LogP contribution in [-0.4, -0.2) is 40.3 Å². The van der Waals surface area contributed by atoms with Crippen molar-refractivity contribution in [1.82, 2.24) is 14.6 Å². The van der Waals surface area contributed by atoms with Crippen LogP contribution in [0.4, 0.5) is 5.13 Å². The lowest BCUT2D eigenvalue weighted by Gasteiger charge is -2.34. The summed E-state index contributed by atoms with van der Waals surface area (Å²) in [4.78, 5) is 17.3. The molecule has 2 aromatic heterocycles. The van der Waals surface area contributed by atoms with Crippen LogP contribution in [0.3, 0.4) is 0 Å². The van der Waals surface area contributed by atoms with Crippen molar-refractivity contribution >= 4 is 38.9 Å². The summed E-state index contributed by atoms with van der Waals surface area (Å²) in [6.07, 6.45) is 3.12. The number of nitrogens with two attached hydrogens (primary N) is 1. The van der Waals surface area contributed by atoms with E-state index in [1.54, 1.807) is 4.52 Å². The number of ether oxygens (including phenoxy) is 1. The Bertz CT molecular complexity index is 899. The zero-order valence-corrected chi connectivity index (χ0v) is 15.5. The summed E-state index contributed by atoms with van der Waals surface area (Å²) in [5.74, 6) is -0.292. The van der Waals surface area contributed by atoms with Gasteiger partial charge in [-0.3, -0.25) is 4.79 Å². The molecule has 1 amide bonds. The quantitative estimate of drug-likeness (QED) is 0.697. The highest BCUT2D eigenvalue weighted by Gasteiger charge is 2.38. The first kappa shape index (κ1) is 17.3. The maximum atomic E-state index is 11.9. The lowest BCUT2D eigenvalue weighted by molar-refractivity contribution is -0.132. The number of hydrogen-bond acceptors (Lipinski definition) is 6. The predicted octanol–water partition coefficient (Wildman–Crippen LogP) is 2.81. The average molecular weight is 392 g/mol. The Morgan fingerprint density at radius 1 is 1.35 bits per heavy atom. The SMILES string of the molecule is NC(=O)C1(CNc2nn3cc(-c4ccc(Cl)cc4)nc3s2)CCOCC1. The minimum absolute atomic E-state index is 0.292. The fourth-order valence-corrected chi connectivity index (χ4v) is 3.95. The molecule has 136 valence electrons. The smallest absolute Gasteiger partial charge is 0.225 e. The van der Waals surface area contributed by atoms with Crippen molar-refractivity contribution in [3.8, 4) is 11.3 Å². The van der Waals surface area contributed by atoms with E-state index in [1.165, 1.54) is 11.3 Å². The molecule has 1 fully saturated rings. The Balaban J connectivity index is 1.50. The number of halogens is 1. The lowest BCUT2D eigenvalue weighted by Crippen LogP contribution is -2.46. The Kier molecular flexibility index (Phi) is 4.56. The summed E-state index contributed by atoms with van der Waals surface area (Å²) in [7, 11) is 0. The third-order valence-electron chi connectivity index (χ3n) is 4.73. The molecule has 1 aliphatic heterocycles. The molecule has 7 nitrogen and oxygen atoms in total. The first-order valence-electron chi connectivity index (χ1n) is 8.29. The molecular formula is C17H18ClN5O2S. The van der Waals surface area contributed by atoms with E-state index in [2.05, 4.69) is 15.4 Å². The summed E-state index contributed by atoms with van der Waals surface area (Å²) >= 11 is 7.36. The Morgan fingerprint density at radius 2 is 2.08 bits per heavy atom. The van der Waals surface area contributed by atoms with Gasteiger partial charge in [-0.25, -0.2) is 9.50 Å². The second-order valence-electron chi connectivity index (χ2n) is 6.38. The van der Waals surface area contributed by atoms with Gasteiger partial charge in [0.1, 0.15) is 0 Å². The topological polar surface area (TPSA) is 94.5 Å². The second-order valence-corrected chi connectivity index (χ2v) is 7.77. The summed E-state index contributed by atoms with van der Waals surface area (Å²) < 4.78 is 7.09. The molecule has 0 bridgehead atoms. The zero-order valence-electron chi connectivity index (χ0n) is 13.9. The standard InChI is InChI=1S/C17H18ClN5O2S/c18-12-3-1-11(2-4-12)13-9-23-16(21-13)26-15(22-23)20-10-17(14(19)24)5-7-25-8-6-17/h1-4,9H,5-8,10H2,(H2,19,24)(H,20,22). The minimum Gasteiger partial charge on any atom is -0.381 e. The number of imidazole rings is 1. The van der Waals surface area contributed by atoms with Crippen molar-refractivity contribution in [2.24, 2.45) is 11.1 Å². The molecule has 0 aliphatic carbocycles. The van der Waals surface area contributed by atoms with E-state index in [1.807, 2.05) is 30.5 Å². The van der Waals surface area contributed by atoms with Crippen LogP contribution in [0.5, 0.6) is 0 Å². The van der Waals surface area contributed by atoms with Gasteiger partial charge in [0.05, 0.1) is 17.3 Å². The van der Waals surface area contributed by atoms with E-state index in [-0.39, 0.29) is 5.91 Å². The summed E-state index contributed by atoms with van der Waals surface area (Å²) in [6, 6.07) is 7.52. The highest BCUT2D eigenvalue weighted by Crippen LogP contribution is 2.32. The van der Waals surface area contributed by atoms with Gasteiger partial charge in [0.15, 0.2) is 0 Å². The molecule has 0 saturated carbocycles. The van der Waals surface area contributed by atoms with Gasteiger partial charge < -0.3 is 15.8 Å². The number of fused-ring (bicyclic) bond motifs is 1. The Hall–Kier alpha value is -2.16. The molecule has 3 N–H and O–H groups in total. The van der Waals surface area contributed by atoms with Crippen molar-refractivity contribution < 1.29 is 9.53 Å². The molecule has 26 heavy (non-hydrogen) atoms. The molecule has 1 saturated heterocycles. The van der Waals surface area contributed by atoms with Gasteiger partial charge in [0.25, 0.3) is 0 Å². The van der Waals surface area contributed by atoms with Crippen molar-refractivity contribution in [2.75, 3.05) is 25.1 Å². The number of anilines is 1. The molecule has 4 rings (SSSR count). The molecule has 0 radical (unpaired) electrons. The van der Waals surface area contributed by atoms with Crippen molar-refractivity contribution in [3.05, 3.63) is 35.5 Å². The number of hydrogen-bond donors (Lipinski definition) is 2. The van der Waals surface area contributed by atoms with Gasteiger partial charge in [0, 0.05) is 30.3 Å². The molecule has 0 atom stereocenters. The van der Waals surface area contributed by atoms with Gasteiger partial charge in [-0.2, -0.15) is 0 Å². The molecule has 3 aromatic rings. The number of aromatic nitrogens is 3. The molecule has 9 heteroatoms. The van der Waals surface area contributed by atoms with Gasteiger partial charge in [-0.15, -0.1) is 5.10 Å². The molecular weight excluding hydrogens is 374 g/mol. The first-order valence-corrected chi connectivity index (χ1v) is 9.49. The third-order valence-corrected chi connectivity index (χ3v) is 5.87. The monoisotopic (exact) mass is 391 g/mol. The van der Waals surface area contributed by atoms with E-state index in [0.29, 0.717) is 42.8 Å². The average Bonchev–Trinajstić information content (AvgIpc) is 3.20. The predicted molar refractivity (Wildman–Crippen MR) is 101 cm³/mol. The van der Waals surface area contributed by atoms with E-state index in [4.69, 9.17) is 22.1 Å². The Morgan fingerprint density at radius 3 is 2.73 bits per heavy atom. The van der Waals surface area contributed by atoms with Crippen LogP contribution in [0.2, 0.25) is 5.02 Å². The lowest BCUT2D eigenvalue weighted by atomic mass is 9.79. The van der Waals surface area contributed by atoms with Crippen LogP contribution in [-0.2, 0) is 9.53 Å². The fraction of sp³-hybridized carbons (Fsp3) is 0.353. The number of rotatable bonds is 5. The van der Waals surface area contributed by atoms with Crippen LogP contribution < -0.4 is 11.1 Å². The number of carbonyl (C=O) groups excluding carboxylic acids is 1. The van der Waals surface area contributed by atoms with Gasteiger partial charge in [-0.05, 0) is 25.0 Å². The minimum atomic E-state index is -0.583. The summed E-state index contributed by atoms with van der Waals surface area (Å²) in [6.45, 7) is 1.55. The van der Waals surface area contributed by atoms with Gasteiger partial charge in [-0.1, -0.05) is 35.1 Å². The van der Waals surface area contributed by atoms with Crippen molar-refractivity contribution in [3.63, 3.8) is 0 Å².